The van der Waals surface area contributed by atoms with Gasteiger partial charge in [0.05, 0.1) is 22.8 Å². The van der Waals surface area contributed by atoms with Gasteiger partial charge in [-0.15, -0.1) is 0 Å². The molecule has 1 aliphatic rings. The van der Waals surface area contributed by atoms with E-state index in [1.165, 1.54) is 5.56 Å². The lowest BCUT2D eigenvalue weighted by molar-refractivity contribution is -0.119. The summed E-state index contributed by atoms with van der Waals surface area (Å²) in [6, 6.07) is 16.6. The molecule has 6 heteroatoms. The highest BCUT2D eigenvalue weighted by molar-refractivity contribution is 5.84. The summed E-state index contributed by atoms with van der Waals surface area (Å²) in [5, 5.41) is 7.14. The first-order valence-corrected chi connectivity index (χ1v) is 9.87. The maximum atomic E-state index is 11.8. The maximum Gasteiger partial charge on any atom is 0.220 e. The molecule has 0 bridgehead atoms. The Hall–Kier alpha value is -3.41. The van der Waals surface area contributed by atoms with Crippen LogP contribution >= 0.6 is 0 Å². The predicted octanol–water partition coefficient (Wildman–Crippen LogP) is 4.31. The van der Waals surface area contributed by atoms with E-state index in [0.29, 0.717) is 13.0 Å². The standard InChI is InChI=1S/C23H22N4O2/c1-14-22(15(2)29-26-14)17-8-10-20-19(12-17)25-23(18-9-11-21(28)24-18)27(20)13-16-6-4-3-5-7-16/h3-8,10,12,18H,9,11,13H2,1-2H3,(H,24,28)/t18-/m0/s1. The molecule has 1 aliphatic heterocycles. The minimum atomic E-state index is -0.0545. The SMILES string of the molecule is Cc1noc(C)c1-c1ccc2c(c1)nc([C@@H]1CCC(=O)N1)n2Cc1ccccc1. The molecule has 1 N–H and O–H groups in total. The summed E-state index contributed by atoms with van der Waals surface area (Å²) in [4.78, 5) is 16.8. The first-order chi connectivity index (χ1) is 14.1. The van der Waals surface area contributed by atoms with Crippen molar-refractivity contribution in [3.8, 4) is 11.1 Å². The van der Waals surface area contributed by atoms with E-state index >= 15 is 0 Å². The van der Waals surface area contributed by atoms with Gasteiger partial charge in [0.25, 0.3) is 0 Å². The van der Waals surface area contributed by atoms with Crippen LogP contribution in [-0.4, -0.2) is 20.6 Å². The van der Waals surface area contributed by atoms with Gasteiger partial charge < -0.3 is 14.4 Å². The third kappa shape index (κ3) is 3.10. The highest BCUT2D eigenvalue weighted by Crippen LogP contribution is 2.32. The Morgan fingerprint density at radius 2 is 2.00 bits per heavy atom. The predicted molar refractivity (Wildman–Crippen MR) is 110 cm³/mol. The average molecular weight is 386 g/mol. The van der Waals surface area contributed by atoms with Crippen LogP contribution in [0.3, 0.4) is 0 Å². The van der Waals surface area contributed by atoms with Gasteiger partial charge in [-0.3, -0.25) is 4.79 Å². The highest BCUT2D eigenvalue weighted by atomic mass is 16.5. The van der Waals surface area contributed by atoms with E-state index in [4.69, 9.17) is 9.51 Å². The van der Waals surface area contributed by atoms with Crippen LogP contribution < -0.4 is 5.32 Å². The van der Waals surface area contributed by atoms with Crippen LogP contribution in [0, 0.1) is 13.8 Å². The zero-order chi connectivity index (χ0) is 20.0. The van der Waals surface area contributed by atoms with E-state index in [1.54, 1.807) is 0 Å². The van der Waals surface area contributed by atoms with Crippen molar-refractivity contribution in [2.75, 3.05) is 0 Å². The highest BCUT2D eigenvalue weighted by Gasteiger charge is 2.28. The molecule has 2 aromatic heterocycles. The fraction of sp³-hybridized carbons (Fsp3) is 0.261. The van der Waals surface area contributed by atoms with Crippen molar-refractivity contribution in [1.82, 2.24) is 20.0 Å². The molecule has 29 heavy (non-hydrogen) atoms. The van der Waals surface area contributed by atoms with Gasteiger partial charge in [0, 0.05) is 18.5 Å². The molecule has 146 valence electrons. The maximum absolute atomic E-state index is 11.8. The Morgan fingerprint density at radius 1 is 1.17 bits per heavy atom. The van der Waals surface area contributed by atoms with E-state index in [-0.39, 0.29) is 11.9 Å². The quantitative estimate of drug-likeness (QED) is 0.567. The van der Waals surface area contributed by atoms with Crippen molar-refractivity contribution in [3.05, 3.63) is 71.4 Å². The molecule has 3 heterocycles. The average Bonchev–Trinajstić information content (AvgIpc) is 3.40. The Bertz CT molecular complexity index is 1190. The van der Waals surface area contributed by atoms with Crippen LogP contribution in [0.15, 0.2) is 53.1 Å². The molecule has 1 amide bonds. The zero-order valence-electron chi connectivity index (χ0n) is 16.5. The van der Waals surface area contributed by atoms with Crippen LogP contribution in [0.25, 0.3) is 22.2 Å². The lowest BCUT2D eigenvalue weighted by Crippen LogP contribution is -2.22. The van der Waals surface area contributed by atoms with Gasteiger partial charge in [0.15, 0.2) is 0 Å². The molecule has 5 rings (SSSR count). The van der Waals surface area contributed by atoms with E-state index in [1.807, 2.05) is 32.0 Å². The Morgan fingerprint density at radius 3 is 2.69 bits per heavy atom. The van der Waals surface area contributed by atoms with Gasteiger partial charge >= 0.3 is 0 Å². The first kappa shape index (κ1) is 17.7. The second kappa shape index (κ2) is 6.88. The third-order valence-electron chi connectivity index (χ3n) is 5.59. The van der Waals surface area contributed by atoms with E-state index in [0.717, 1.165) is 45.9 Å². The largest absolute Gasteiger partial charge is 0.361 e. The van der Waals surface area contributed by atoms with Crippen molar-refractivity contribution < 1.29 is 9.32 Å². The normalized spacial score (nSPS) is 16.5. The third-order valence-corrected chi connectivity index (χ3v) is 5.59. The number of carbonyl (C=O) groups is 1. The molecule has 4 aromatic rings. The van der Waals surface area contributed by atoms with Crippen LogP contribution in [0.1, 0.15) is 41.7 Å². The first-order valence-electron chi connectivity index (χ1n) is 9.87. The van der Waals surface area contributed by atoms with Crippen LogP contribution in [-0.2, 0) is 11.3 Å². The molecule has 0 aliphatic carbocycles. The summed E-state index contributed by atoms with van der Waals surface area (Å²) in [6.07, 6.45) is 1.32. The number of rotatable bonds is 4. The summed E-state index contributed by atoms with van der Waals surface area (Å²) >= 11 is 0. The second-order valence-corrected chi connectivity index (χ2v) is 7.60. The van der Waals surface area contributed by atoms with Crippen LogP contribution in [0.2, 0.25) is 0 Å². The number of imidazole rings is 1. The molecule has 1 saturated heterocycles. The molecule has 0 unspecified atom stereocenters. The molecule has 2 aromatic carbocycles. The van der Waals surface area contributed by atoms with Crippen LogP contribution in [0.4, 0.5) is 0 Å². The molecular formula is C23H22N4O2. The molecule has 0 radical (unpaired) electrons. The second-order valence-electron chi connectivity index (χ2n) is 7.60. The summed E-state index contributed by atoms with van der Waals surface area (Å²) < 4.78 is 7.56. The summed E-state index contributed by atoms with van der Waals surface area (Å²) in [5.41, 5.74) is 6.09. The smallest absolute Gasteiger partial charge is 0.220 e. The topological polar surface area (TPSA) is 72.9 Å². The zero-order valence-corrected chi connectivity index (χ0v) is 16.5. The van der Waals surface area contributed by atoms with E-state index < -0.39 is 0 Å². The number of nitrogens with zero attached hydrogens (tertiary/aromatic N) is 3. The van der Waals surface area contributed by atoms with Gasteiger partial charge in [-0.25, -0.2) is 4.98 Å². The number of aryl methyl sites for hydroxylation is 2. The lowest BCUT2D eigenvalue weighted by Gasteiger charge is -2.14. The monoisotopic (exact) mass is 386 g/mol. The van der Waals surface area contributed by atoms with Crippen molar-refractivity contribution in [2.24, 2.45) is 0 Å². The van der Waals surface area contributed by atoms with Crippen molar-refractivity contribution in [2.45, 2.75) is 39.3 Å². The molecule has 0 saturated carbocycles. The van der Waals surface area contributed by atoms with Crippen LogP contribution in [0.5, 0.6) is 0 Å². The fourth-order valence-corrected chi connectivity index (χ4v) is 4.20. The molecular weight excluding hydrogens is 364 g/mol. The number of benzene rings is 2. The van der Waals surface area contributed by atoms with Gasteiger partial charge in [-0.1, -0.05) is 41.6 Å². The Labute approximate surface area is 168 Å². The number of nitrogens with one attached hydrogen (secondary N) is 1. The number of fused-ring (bicyclic) bond motifs is 1. The molecule has 0 spiro atoms. The van der Waals surface area contributed by atoms with Gasteiger partial charge in [0.2, 0.25) is 5.91 Å². The van der Waals surface area contributed by atoms with E-state index in [2.05, 4.69) is 45.4 Å². The van der Waals surface area contributed by atoms with Crippen molar-refractivity contribution in [3.63, 3.8) is 0 Å². The summed E-state index contributed by atoms with van der Waals surface area (Å²) in [7, 11) is 0. The van der Waals surface area contributed by atoms with Gasteiger partial charge in [0.1, 0.15) is 11.6 Å². The van der Waals surface area contributed by atoms with Crippen molar-refractivity contribution in [1.29, 1.82) is 0 Å². The summed E-state index contributed by atoms with van der Waals surface area (Å²) in [6.45, 7) is 4.58. The number of hydrogen-bond acceptors (Lipinski definition) is 4. The minimum Gasteiger partial charge on any atom is -0.361 e. The van der Waals surface area contributed by atoms with Gasteiger partial charge in [-0.2, -0.15) is 0 Å². The Balaban J connectivity index is 1.65. The van der Waals surface area contributed by atoms with Crippen molar-refractivity contribution >= 4 is 16.9 Å². The lowest BCUT2D eigenvalue weighted by atomic mass is 10.0. The molecule has 1 fully saturated rings. The Kier molecular flexibility index (Phi) is 4.19. The number of hydrogen-bond donors (Lipinski definition) is 1. The number of aromatic nitrogens is 3. The summed E-state index contributed by atoms with van der Waals surface area (Å²) in [5.74, 6) is 1.80. The molecule has 1 atom stereocenters. The molecule has 6 nitrogen and oxygen atoms in total. The number of amides is 1. The fourth-order valence-electron chi connectivity index (χ4n) is 4.20. The number of carbonyl (C=O) groups excluding carboxylic acids is 1. The van der Waals surface area contributed by atoms with E-state index in [9.17, 15) is 4.79 Å². The minimum absolute atomic E-state index is 0.0545. The van der Waals surface area contributed by atoms with Gasteiger partial charge in [-0.05, 0) is 43.5 Å².